The van der Waals surface area contributed by atoms with Crippen LogP contribution in [0.15, 0.2) is 35.3 Å². The van der Waals surface area contributed by atoms with Crippen LogP contribution in [0.1, 0.15) is 12.0 Å². The van der Waals surface area contributed by atoms with Crippen molar-refractivity contribution < 1.29 is 9.47 Å². The smallest absolute Gasteiger partial charge is 0.310 e. The number of ether oxygens (including phenoxy) is 2. The molecule has 0 atom stereocenters. The van der Waals surface area contributed by atoms with Crippen LogP contribution in [0.4, 0.5) is 5.69 Å². The van der Waals surface area contributed by atoms with E-state index in [1.165, 1.54) is 4.68 Å². The van der Waals surface area contributed by atoms with Gasteiger partial charge in [0.2, 0.25) is 5.75 Å². The van der Waals surface area contributed by atoms with Crippen LogP contribution in [0.3, 0.4) is 0 Å². The molecule has 0 radical (unpaired) electrons. The third kappa shape index (κ3) is 2.77. The summed E-state index contributed by atoms with van der Waals surface area (Å²) in [6.45, 7) is 2.08. The van der Waals surface area contributed by atoms with E-state index in [0.29, 0.717) is 18.9 Å². The average Bonchev–Trinajstić information content (AvgIpc) is 2.75. The summed E-state index contributed by atoms with van der Waals surface area (Å²) in [6, 6.07) is 7.93. The molecule has 0 unspecified atom stereocenters. The maximum atomic E-state index is 12.2. The molecular formula is C16H19N3O3. The molecule has 2 aromatic rings. The molecule has 22 heavy (non-hydrogen) atoms. The Labute approximate surface area is 128 Å². The lowest BCUT2D eigenvalue weighted by molar-refractivity contribution is 0.315. The topological polar surface area (TPSA) is 56.6 Å². The van der Waals surface area contributed by atoms with Gasteiger partial charge in [0.15, 0.2) is 0 Å². The van der Waals surface area contributed by atoms with Crippen molar-refractivity contribution in [3.8, 4) is 11.5 Å². The number of hydrogen-bond donors (Lipinski definition) is 0. The minimum Gasteiger partial charge on any atom is -0.497 e. The van der Waals surface area contributed by atoms with E-state index in [9.17, 15) is 4.79 Å². The van der Waals surface area contributed by atoms with Crippen LogP contribution < -0.4 is 19.9 Å². The first kappa shape index (κ1) is 14.4. The molecule has 1 aliphatic heterocycles. The molecule has 0 N–H and O–H groups in total. The number of aryl methyl sites for hydroxylation is 1. The normalized spacial score (nSPS) is 14.0. The second-order valence-electron chi connectivity index (χ2n) is 5.26. The minimum atomic E-state index is -0.195. The minimum absolute atomic E-state index is 0.195. The Morgan fingerprint density at radius 2 is 2.09 bits per heavy atom. The number of rotatable bonds is 3. The van der Waals surface area contributed by atoms with E-state index < -0.39 is 0 Å². The van der Waals surface area contributed by atoms with Crippen LogP contribution in [-0.4, -0.2) is 30.0 Å². The van der Waals surface area contributed by atoms with Gasteiger partial charge in [-0.15, -0.1) is 0 Å². The summed E-state index contributed by atoms with van der Waals surface area (Å²) in [5, 5.41) is 4.12. The second kappa shape index (κ2) is 6.09. The van der Waals surface area contributed by atoms with Crippen LogP contribution in [0.5, 0.6) is 11.5 Å². The Bertz CT molecular complexity index is 710. The van der Waals surface area contributed by atoms with Crippen molar-refractivity contribution in [2.45, 2.75) is 13.0 Å². The van der Waals surface area contributed by atoms with Crippen molar-refractivity contribution in [3.05, 3.63) is 46.4 Å². The molecule has 0 fully saturated rings. The van der Waals surface area contributed by atoms with Crippen molar-refractivity contribution in [2.24, 2.45) is 7.05 Å². The first-order valence-corrected chi connectivity index (χ1v) is 7.26. The molecule has 6 nitrogen and oxygen atoms in total. The molecule has 0 spiro atoms. The Morgan fingerprint density at radius 3 is 2.82 bits per heavy atom. The maximum Gasteiger partial charge on any atom is 0.310 e. The Balaban J connectivity index is 1.91. The highest BCUT2D eigenvalue weighted by Gasteiger charge is 2.20. The van der Waals surface area contributed by atoms with Gasteiger partial charge in [0.25, 0.3) is 0 Å². The fraction of sp³-hybridized carbons (Fsp3) is 0.375. The van der Waals surface area contributed by atoms with Gasteiger partial charge in [-0.3, -0.25) is 4.79 Å². The first-order chi connectivity index (χ1) is 10.7. The summed E-state index contributed by atoms with van der Waals surface area (Å²) >= 11 is 0. The van der Waals surface area contributed by atoms with Gasteiger partial charge in [-0.1, -0.05) is 12.1 Å². The molecule has 0 aliphatic carbocycles. The molecule has 6 heteroatoms. The molecule has 3 rings (SSSR count). The lowest BCUT2D eigenvalue weighted by Crippen LogP contribution is -2.27. The highest BCUT2D eigenvalue weighted by molar-refractivity contribution is 5.56. The lowest BCUT2D eigenvalue weighted by atomic mass is 10.2. The number of hydrogen-bond acceptors (Lipinski definition) is 5. The van der Waals surface area contributed by atoms with Gasteiger partial charge in [-0.25, -0.2) is 4.68 Å². The highest BCUT2D eigenvalue weighted by atomic mass is 16.5. The van der Waals surface area contributed by atoms with Crippen LogP contribution in [-0.2, 0) is 13.6 Å². The van der Waals surface area contributed by atoms with Gasteiger partial charge < -0.3 is 14.4 Å². The molecule has 0 amide bonds. The van der Waals surface area contributed by atoms with Crippen LogP contribution in [0.25, 0.3) is 0 Å². The average molecular weight is 301 g/mol. The summed E-state index contributed by atoms with van der Waals surface area (Å²) in [6.07, 6.45) is 2.57. The van der Waals surface area contributed by atoms with E-state index in [2.05, 4.69) is 10.00 Å². The summed E-state index contributed by atoms with van der Waals surface area (Å²) in [4.78, 5) is 14.3. The fourth-order valence-electron chi connectivity index (χ4n) is 2.54. The van der Waals surface area contributed by atoms with E-state index in [1.807, 2.05) is 24.3 Å². The van der Waals surface area contributed by atoms with Crippen molar-refractivity contribution in [3.63, 3.8) is 0 Å². The summed E-state index contributed by atoms with van der Waals surface area (Å²) in [5.74, 6) is 1.22. The largest absolute Gasteiger partial charge is 0.497 e. The summed E-state index contributed by atoms with van der Waals surface area (Å²) < 4.78 is 12.1. The molecule has 1 aromatic carbocycles. The van der Waals surface area contributed by atoms with Gasteiger partial charge in [0.1, 0.15) is 11.4 Å². The molecular weight excluding hydrogens is 282 g/mol. The van der Waals surface area contributed by atoms with E-state index in [0.717, 1.165) is 30.0 Å². The van der Waals surface area contributed by atoms with Crippen LogP contribution in [0, 0.1) is 0 Å². The maximum absolute atomic E-state index is 12.2. The van der Waals surface area contributed by atoms with Gasteiger partial charge in [-0.05, 0) is 24.1 Å². The summed E-state index contributed by atoms with van der Waals surface area (Å²) in [5.41, 5.74) is 1.71. The molecule has 116 valence electrons. The van der Waals surface area contributed by atoms with Gasteiger partial charge in [0, 0.05) is 20.1 Å². The molecule has 0 saturated carbocycles. The van der Waals surface area contributed by atoms with Gasteiger partial charge >= 0.3 is 5.56 Å². The number of methoxy groups -OCH3 is 1. The molecule has 1 aliphatic rings. The van der Waals surface area contributed by atoms with Crippen LogP contribution in [0.2, 0.25) is 0 Å². The Kier molecular flexibility index (Phi) is 4.00. The Hall–Kier alpha value is -2.50. The molecule has 2 heterocycles. The molecule has 0 saturated heterocycles. The number of benzene rings is 1. The number of anilines is 1. The van der Waals surface area contributed by atoms with E-state index in [-0.39, 0.29) is 5.56 Å². The number of aromatic nitrogens is 2. The highest BCUT2D eigenvalue weighted by Crippen LogP contribution is 2.28. The number of nitrogens with zero attached hydrogens (tertiary/aromatic N) is 3. The second-order valence-corrected chi connectivity index (χ2v) is 5.26. The monoisotopic (exact) mass is 301 g/mol. The SMILES string of the molecule is COc1ccc(CN2CCCOc3c2cnn(C)c3=O)cc1. The van der Waals surface area contributed by atoms with Crippen molar-refractivity contribution in [1.29, 1.82) is 0 Å². The van der Waals surface area contributed by atoms with E-state index in [4.69, 9.17) is 9.47 Å². The zero-order chi connectivity index (χ0) is 15.5. The molecule has 0 bridgehead atoms. The lowest BCUT2D eigenvalue weighted by Gasteiger charge is -2.23. The Morgan fingerprint density at radius 1 is 1.32 bits per heavy atom. The zero-order valence-electron chi connectivity index (χ0n) is 12.8. The van der Waals surface area contributed by atoms with Gasteiger partial charge in [0.05, 0.1) is 19.9 Å². The third-order valence-electron chi connectivity index (χ3n) is 3.77. The van der Waals surface area contributed by atoms with Crippen molar-refractivity contribution in [2.75, 3.05) is 25.2 Å². The first-order valence-electron chi connectivity index (χ1n) is 7.26. The van der Waals surface area contributed by atoms with Crippen molar-refractivity contribution >= 4 is 5.69 Å². The van der Waals surface area contributed by atoms with Crippen molar-refractivity contribution in [1.82, 2.24) is 9.78 Å². The van der Waals surface area contributed by atoms with Gasteiger partial charge in [-0.2, -0.15) is 5.10 Å². The van der Waals surface area contributed by atoms with E-state index >= 15 is 0 Å². The predicted molar refractivity (Wildman–Crippen MR) is 83.6 cm³/mol. The molecule has 1 aromatic heterocycles. The third-order valence-corrected chi connectivity index (χ3v) is 3.77. The predicted octanol–water partition coefficient (Wildman–Crippen LogP) is 1.58. The summed E-state index contributed by atoms with van der Waals surface area (Å²) in [7, 11) is 3.28. The zero-order valence-corrected chi connectivity index (χ0v) is 12.8. The van der Waals surface area contributed by atoms with E-state index in [1.54, 1.807) is 20.4 Å². The number of fused-ring (bicyclic) bond motifs is 1. The quantitative estimate of drug-likeness (QED) is 0.861. The fourth-order valence-corrected chi connectivity index (χ4v) is 2.54. The standard InChI is InChI=1S/C16H19N3O3/c1-18-16(20)15-14(10-17-18)19(8-3-9-22-15)11-12-4-6-13(21-2)7-5-12/h4-7,10H,3,8-9,11H2,1-2H3. The van der Waals surface area contributed by atoms with Crippen LogP contribution >= 0.6 is 0 Å².